The topological polar surface area (TPSA) is 49.8 Å². The summed E-state index contributed by atoms with van der Waals surface area (Å²) in [5.74, 6) is 0.559. The summed E-state index contributed by atoms with van der Waals surface area (Å²) in [5, 5.41) is 9.06. The van der Waals surface area contributed by atoms with Crippen LogP contribution in [0, 0.1) is 17.2 Å². The quantitative estimate of drug-likeness (QED) is 0.873. The van der Waals surface area contributed by atoms with Gasteiger partial charge in [-0.05, 0) is 30.4 Å². The van der Waals surface area contributed by atoms with E-state index in [4.69, 9.17) is 11.0 Å². The van der Waals surface area contributed by atoms with Crippen molar-refractivity contribution in [2.24, 2.45) is 11.7 Å². The van der Waals surface area contributed by atoms with E-state index < -0.39 is 0 Å². The molecule has 1 aromatic rings. The molecule has 2 nitrogen and oxygen atoms in total. The fourth-order valence-corrected chi connectivity index (χ4v) is 2.64. The summed E-state index contributed by atoms with van der Waals surface area (Å²) >= 11 is 0. The van der Waals surface area contributed by atoms with E-state index in [1.165, 1.54) is 32.1 Å². The molecule has 0 amide bonds. The molecule has 0 saturated heterocycles. The second-order valence-corrected chi connectivity index (χ2v) is 4.62. The summed E-state index contributed by atoms with van der Waals surface area (Å²) in [6, 6.07) is 10.0. The van der Waals surface area contributed by atoms with Crippen LogP contribution in [-0.2, 0) is 0 Å². The molecule has 0 aliphatic heterocycles. The van der Waals surface area contributed by atoms with Crippen LogP contribution in [-0.4, -0.2) is 0 Å². The third-order valence-corrected chi connectivity index (χ3v) is 3.60. The monoisotopic (exact) mass is 250 g/mol. The molecule has 0 heterocycles. The van der Waals surface area contributed by atoms with Gasteiger partial charge in [0.05, 0.1) is 11.6 Å². The van der Waals surface area contributed by atoms with Gasteiger partial charge in [-0.2, -0.15) is 5.26 Å². The van der Waals surface area contributed by atoms with Crippen LogP contribution in [0.5, 0.6) is 0 Å². The SMILES string of the molecule is Cl.N#Cc1ccccc1[C@H](N)C1CCCCC1. The molecule has 1 atom stereocenters. The first kappa shape index (κ1) is 14.0. The molecule has 0 radical (unpaired) electrons. The minimum atomic E-state index is 0. The van der Waals surface area contributed by atoms with Gasteiger partial charge < -0.3 is 5.73 Å². The van der Waals surface area contributed by atoms with Crippen molar-refractivity contribution < 1.29 is 0 Å². The highest BCUT2D eigenvalue weighted by molar-refractivity contribution is 5.85. The molecule has 0 aromatic heterocycles. The summed E-state index contributed by atoms with van der Waals surface area (Å²) in [5.41, 5.74) is 8.06. The zero-order chi connectivity index (χ0) is 11.4. The van der Waals surface area contributed by atoms with Crippen LogP contribution < -0.4 is 5.73 Å². The number of nitrogens with two attached hydrogens (primary N) is 1. The maximum absolute atomic E-state index is 9.06. The third-order valence-electron chi connectivity index (χ3n) is 3.60. The lowest BCUT2D eigenvalue weighted by Crippen LogP contribution is -2.24. The molecule has 0 spiro atoms. The molecule has 92 valence electrons. The Balaban J connectivity index is 0.00000144. The molecule has 2 rings (SSSR count). The molecular weight excluding hydrogens is 232 g/mol. The number of nitrogens with zero attached hydrogens (tertiary/aromatic N) is 1. The van der Waals surface area contributed by atoms with E-state index in [-0.39, 0.29) is 18.4 Å². The van der Waals surface area contributed by atoms with Gasteiger partial charge in [0.1, 0.15) is 0 Å². The third kappa shape index (κ3) is 3.21. The first-order valence-corrected chi connectivity index (χ1v) is 6.07. The Kier molecular flexibility index (Phi) is 5.47. The molecular formula is C14H19ClN2. The van der Waals surface area contributed by atoms with Crippen molar-refractivity contribution in [1.82, 2.24) is 0 Å². The predicted octanol–water partition coefficient (Wildman–Crippen LogP) is 3.56. The summed E-state index contributed by atoms with van der Waals surface area (Å²) in [7, 11) is 0. The second-order valence-electron chi connectivity index (χ2n) is 4.62. The fourth-order valence-electron chi connectivity index (χ4n) is 2.64. The Morgan fingerprint density at radius 2 is 1.82 bits per heavy atom. The number of halogens is 1. The van der Waals surface area contributed by atoms with Crippen molar-refractivity contribution >= 4 is 12.4 Å². The second kappa shape index (κ2) is 6.64. The summed E-state index contributed by atoms with van der Waals surface area (Å²) in [4.78, 5) is 0. The first-order chi connectivity index (χ1) is 7.83. The largest absolute Gasteiger partial charge is 0.324 e. The number of rotatable bonds is 2. The van der Waals surface area contributed by atoms with Crippen LogP contribution in [0.4, 0.5) is 0 Å². The molecule has 1 fully saturated rings. The minimum absolute atomic E-state index is 0. The van der Waals surface area contributed by atoms with Gasteiger partial charge in [0.2, 0.25) is 0 Å². The summed E-state index contributed by atoms with van der Waals surface area (Å²) < 4.78 is 0. The Bertz CT molecular complexity index is 391. The number of nitriles is 1. The van der Waals surface area contributed by atoms with E-state index in [1.54, 1.807) is 0 Å². The van der Waals surface area contributed by atoms with Gasteiger partial charge in [0, 0.05) is 6.04 Å². The number of hydrogen-bond donors (Lipinski definition) is 1. The van der Waals surface area contributed by atoms with Crippen LogP contribution >= 0.6 is 12.4 Å². The van der Waals surface area contributed by atoms with Crippen LogP contribution in [0.25, 0.3) is 0 Å². The molecule has 17 heavy (non-hydrogen) atoms. The van der Waals surface area contributed by atoms with E-state index in [0.717, 1.165) is 11.1 Å². The number of benzene rings is 1. The van der Waals surface area contributed by atoms with Gasteiger partial charge in [-0.1, -0.05) is 37.5 Å². The van der Waals surface area contributed by atoms with E-state index in [0.29, 0.717) is 5.92 Å². The fraction of sp³-hybridized carbons (Fsp3) is 0.500. The maximum Gasteiger partial charge on any atom is 0.0995 e. The lowest BCUT2D eigenvalue weighted by Gasteiger charge is -2.28. The highest BCUT2D eigenvalue weighted by atomic mass is 35.5. The van der Waals surface area contributed by atoms with Crippen molar-refractivity contribution in [3.8, 4) is 6.07 Å². The molecule has 1 saturated carbocycles. The van der Waals surface area contributed by atoms with Crippen LogP contribution in [0.3, 0.4) is 0 Å². The van der Waals surface area contributed by atoms with E-state index in [9.17, 15) is 0 Å². The molecule has 1 aromatic carbocycles. The van der Waals surface area contributed by atoms with E-state index in [2.05, 4.69) is 6.07 Å². The molecule has 2 N–H and O–H groups in total. The molecule has 1 aliphatic carbocycles. The normalized spacial score (nSPS) is 17.9. The number of hydrogen-bond acceptors (Lipinski definition) is 2. The van der Waals surface area contributed by atoms with Gasteiger partial charge >= 0.3 is 0 Å². The Morgan fingerprint density at radius 1 is 1.18 bits per heavy atom. The highest BCUT2D eigenvalue weighted by Gasteiger charge is 2.23. The smallest absolute Gasteiger partial charge is 0.0995 e. The Hall–Kier alpha value is -1.04. The van der Waals surface area contributed by atoms with Crippen molar-refractivity contribution in [2.45, 2.75) is 38.1 Å². The lowest BCUT2D eigenvalue weighted by atomic mass is 9.80. The van der Waals surface area contributed by atoms with Crippen molar-refractivity contribution in [1.29, 1.82) is 5.26 Å². The highest BCUT2D eigenvalue weighted by Crippen LogP contribution is 2.33. The van der Waals surface area contributed by atoms with Gasteiger partial charge in [-0.15, -0.1) is 12.4 Å². The molecule has 0 bridgehead atoms. The standard InChI is InChI=1S/C14H18N2.ClH/c15-10-12-8-4-5-9-13(12)14(16)11-6-2-1-3-7-11;/h4-5,8-9,11,14H,1-3,6-7,16H2;1H/t14-;/m1./s1. The van der Waals surface area contributed by atoms with Crippen LogP contribution in [0.1, 0.15) is 49.3 Å². The van der Waals surface area contributed by atoms with Crippen molar-refractivity contribution in [3.05, 3.63) is 35.4 Å². The first-order valence-electron chi connectivity index (χ1n) is 6.07. The van der Waals surface area contributed by atoms with Crippen LogP contribution in [0.2, 0.25) is 0 Å². The summed E-state index contributed by atoms with van der Waals surface area (Å²) in [6.45, 7) is 0. The van der Waals surface area contributed by atoms with Gasteiger partial charge in [0.25, 0.3) is 0 Å². The van der Waals surface area contributed by atoms with E-state index >= 15 is 0 Å². The average molecular weight is 251 g/mol. The molecule has 3 heteroatoms. The zero-order valence-electron chi connectivity index (χ0n) is 9.93. The zero-order valence-corrected chi connectivity index (χ0v) is 10.7. The van der Waals surface area contributed by atoms with Crippen molar-refractivity contribution in [2.75, 3.05) is 0 Å². The Labute approximate surface area is 109 Å². The lowest BCUT2D eigenvalue weighted by molar-refractivity contribution is 0.308. The Morgan fingerprint density at radius 3 is 2.47 bits per heavy atom. The predicted molar refractivity (Wildman–Crippen MR) is 71.9 cm³/mol. The van der Waals surface area contributed by atoms with Gasteiger partial charge in [-0.3, -0.25) is 0 Å². The summed E-state index contributed by atoms with van der Waals surface area (Å²) in [6.07, 6.45) is 6.32. The minimum Gasteiger partial charge on any atom is -0.324 e. The average Bonchev–Trinajstić information content (AvgIpc) is 2.39. The van der Waals surface area contributed by atoms with Crippen LogP contribution in [0.15, 0.2) is 24.3 Å². The molecule has 0 unspecified atom stereocenters. The van der Waals surface area contributed by atoms with E-state index in [1.807, 2.05) is 24.3 Å². The maximum atomic E-state index is 9.06. The van der Waals surface area contributed by atoms with Gasteiger partial charge in [0.15, 0.2) is 0 Å². The van der Waals surface area contributed by atoms with Gasteiger partial charge in [-0.25, -0.2) is 0 Å². The molecule has 1 aliphatic rings. The van der Waals surface area contributed by atoms with Crippen molar-refractivity contribution in [3.63, 3.8) is 0 Å².